The molecule has 1 fully saturated rings. The van der Waals surface area contributed by atoms with E-state index in [2.05, 4.69) is 4.72 Å². The molecule has 106 valence electrons. The van der Waals surface area contributed by atoms with Gasteiger partial charge in [-0.1, -0.05) is 0 Å². The van der Waals surface area contributed by atoms with Gasteiger partial charge in [0.2, 0.25) is 10.0 Å². The van der Waals surface area contributed by atoms with Crippen LogP contribution in [0, 0.1) is 5.82 Å². The third-order valence-electron chi connectivity index (χ3n) is 2.67. The quantitative estimate of drug-likeness (QED) is 0.823. The van der Waals surface area contributed by atoms with Gasteiger partial charge in [-0.25, -0.2) is 17.5 Å². The minimum atomic E-state index is -3.67. The minimum absolute atomic E-state index is 0.0572. The van der Waals surface area contributed by atoms with Crippen LogP contribution in [0.15, 0.2) is 23.1 Å². The summed E-state index contributed by atoms with van der Waals surface area (Å²) in [6, 6.07) is 3.51. The average molecular weight is 322 g/mol. The zero-order valence-corrected chi connectivity index (χ0v) is 12.6. The van der Waals surface area contributed by atoms with Crippen LogP contribution in [0.4, 0.5) is 10.1 Å². The molecule has 19 heavy (non-hydrogen) atoms. The van der Waals surface area contributed by atoms with E-state index in [0.717, 1.165) is 23.3 Å². The van der Waals surface area contributed by atoms with Crippen LogP contribution in [0.3, 0.4) is 0 Å². The van der Waals surface area contributed by atoms with Crippen molar-refractivity contribution in [3.8, 4) is 0 Å². The van der Waals surface area contributed by atoms with Gasteiger partial charge in [-0.05, 0) is 18.2 Å². The van der Waals surface area contributed by atoms with Crippen LogP contribution in [0.2, 0.25) is 0 Å². The molecule has 0 radical (unpaired) electrons. The van der Waals surface area contributed by atoms with E-state index in [0.29, 0.717) is 6.54 Å². The molecule has 0 aliphatic carbocycles. The molecule has 1 aliphatic heterocycles. The molecule has 1 aromatic carbocycles. The van der Waals surface area contributed by atoms with Crippen LogP contribution in [0.25, 0.3) is 0 Å². The second-order valence-corrected chi connectivity index (χ2v) is 8.43. The van der Waals surface area contributed by atoms with Crippen molar-refractivity contribution < 1.29 is 12.8 Å². The smallest absolute Gasteiger partial charge is 0.240 e. The largest absolute Gasteiger partial charge is 0.396 e. The maximum atomic E-state index is 13.3. The van der Waals surface area contributed by atoms with Crippen molar-refractivity contribution in [2.45, 2.75) is 10.1 Å². The Morgan fingerprint density at radius 3 is 2.84 bits per heavy atom. The van der Waals surface area contributed by atoms with Gasteiger partial charge < -0.3 is 5.73 Å². The Bertz CT molecular complexity index is 545. The Hall–Kier alpha value is -0.440. The van der Waals surface area contributed by atoms with Crippen LogP contribution < -0.4 is 10.5 Å². The second-order valence-electron chi connectivity index (χ2n) is 4.10. The highest BCUT2D eigenvalue weighted by Crippen LogP contribution is 2.24. The highest BCUT2D eigenvalue weighted by atomic mass is 32.2. The molecule has 1 aliphatic rings. The molecule has 3 N–H and O–H groups in total. The molecule has 1 aromatic rings. The summed E-state index contributed by atoms with van der Waals surface area (Å²) in [5.74, 6) is 2.36. The first kappa shape index (κ1) is 15.0. The molecular formula is C11H15FN2O2S3. The standard InChI is InChI=1S/C11H15FN2O2S3/c12-10-5-9(1-2-11(10)13)19(15,16)14-6-8-7-17-3-4-18-8/h1-2,5,8,14H,3-4,6-7,13H2. The van der Waals surface area contributed by atoms with Crippen molar-refractivity contribution in [3.63, 3.8) is 0 Å². The van der Waals surface area contributed by atoms with Gasteiger partial charge in [0.15, 0.2) is 0 Å². The van der Waals surface area contributed by atoms with Crippen molar-refractivity contribution in [1.82, 2.24) is 4.72 Å². The summed E-state index contributed by atoms with van der Waals surface area (Å²) >= 11 is 3.58. The number of halogens is 1. The molecule has 1 atom stereocenters. The summed E-state index contributed by atoms with van der Waals surface area (Å²) in [5.41, 5.74) is 5.27. The molecule has 0 aromatic heterocycles. The van der Waals surface area contributed by atoms with Gasteiger partial charge in [-0.15, -0.1) is 0 Å². The van der Waals surface area contributed by atoms with Crippen LogP contribution in [-0.4, -0.2) is 37.5 Å². The fraction of sp³-hybridized carbons (Fsp3) is 0.455. The van der Waals surface area contributed by atoms with Crippen molar-refractivity contribution in [3.05, 3.63) is 24.0 Å². The Balaban J connectivity index is 2.02. The molecule has 0 spiro atoms. The third-order valence-corrected chi connectivity index (χ3v) is 6.93. The fourth-order valence-electron chi connectivity index (χ4n) is 1.62. The molecule has 1 saturated heterocycles. The zero-order chi connectivity index (χ0) is 13.9. The number of thioether (sulfide) groups is 2. The van der Waals surface area contributed by atoms with Gasteiger partial charge in [0.05, 0.1) is 10.6 Å². The van der Waals surface area contributed by atoms with Gasteiger partial charge in [0.25, 0.3) is 0 Å². The Morgan fingerprint density at radius 1 is 1.42 bits per heavy atom. The number of nitrogens with two attached hydrogens (primary N) is 1. The normalized spacial score (nSPS) is 20.4. The molecular weight excluding hydrogens is 307 g/mol. The SMILES string of the molecule is Nc1ccc(S(=O)(=O)NCC2CSCCS2)cc1F. The lowest BCUT2D eigenvalue weighted by Gasteiger charge is -2.21. The molecule has 0 bridgehead atoms. The Labute approximate surface area is 120 Å². The number of nitrogen functional groups attached to an aromatic ring is 1. The maximum absolute atomic E-state index is 13.3. The molecule has 2 rings (SSSR count). The van der Waals surface area contributed by atoms with Crippen LogP contribution in [-0.2, 0) is 10.0 Å². The fourth-order valence-corrected chi connectivity index (χ4v) is 5.43. The monoisotopic (exact) mass is 322 g/mol. The van der Waals surface area contributed by atoms with E-state index in [1.807, 2.05) is 11.8 Å². The summed E-state index contributed by atoms with van der Waals surface area (Å²) in [7, 11) is -3.67. The number of nitrogens with one attached hydrogen (secondary N) is 1. The van der Waals surface area contributed by atoms with Crippen LogP contribution in [0.1, 0.15) is 0 Å². The predicted octanol–water partition coefficient (Wildman–Crippen LogP) is 1.53. The predicted molar refractivity (Wildman–Crippen MR) is 79.6 cm³/mol. The van der Waals surface area contributed by atoms with Gasteiger partial charge in [-0.2, -0.15) is 23.5 Å². The van der Waals surface area contributed by atoms with Crippen LogP contribution in [0.5, 0.6) is 0 Å². The molecule has 1 unspecified atom stereocenters. The van der Waals surface area contributed by atoms with E-state index >= 15 is 0 Å². The van der Waals surface area contributed by atoms with Crippen LogP contribution >= 0.6 is 23.5 Å². The summed E-state index contributed by atoms with van der Waals surface area (Å²) < 4.78 is 39.8. The molecule has 0 saturated carbocycles. The summed E-state index contributed by atoms with van der Waals surface area (Å²) in [4.78, 5) is -0.0901. The summed E-state index contributed by atoms with van der Waals surface area (Å²) in [6.07, 6.45) is 0. The molecule has 8 heteroatoms. The van der Waals surface area contributed by atoms with Gasteiger partial charge >= 0.3 is 0 Å². The van der Waals surface area contributed by atoms with E-state index in [1.165, 1.54) is 12.1 Å². The number of benzene rings is 1. The minimum Gasteiger partial charge on any atom is -0.396 e. The second kappa shape index (κ2) is 6.34. The van der Waals surface area contributed by atoms with Crippen molar-refractivity contribution in [1.29, 1.82) is 0 Å². The zero-order valence-electron chi connectivity index (χ0n) is 10.1. The molecule has 1 heterocycles. The number of anilines is 1. The van der Waals surface area contributed by atoms with E-state index in [4.69, 9.17) is 5.73 Å². The Kier molecular flexibility index (Phi) is 4.99. The number of hydrogen-bond donors (Lipinski definition) is 2. The van der Waals surface area contributed by atoms with Gasteiger partial charge in [0.1, 0.15) is 5.82 Å². The van der Waals surface area contributed by atoms with Crippen molar-refractivity contribution >= 4 is 39.2 Å². The van der Waals surface area contributed by atoms with Gasteiger partial charge in [-0.3, -0.25) is 0 Å². The summed E-state index contributed by atoms with van der Waals surface area (Å²) in [5, 5.41) is 0.271. The first-order valence-electron chi connectivity index (χ1n) is 5.73. The number of sulfonamides is 1. The highest BCUT2D eigenvalue weighted by molar-refractivity contribution is 8.06. The van der Waals surface area contributed by atoms with E-state index in [1.54, 1.807) is 11.8 Å². The average Bonchev–Trinajstić information content (AvgIpc) is 2.41. The maximum Gasteiger partial charge on any atom is 0.240 e. The van der Waals surface area contributed by atoms with E-state index < -0.39 is 15.8 Å². The highest BCUT2D eigenvalue weighted by Gasteiger charge is 2.20. The third kappa shape index (κ3) is 4.01. The topological polar surface area (TPSA) is 72.2 Å². The lowest BCUT2D eigenvalue weighted by molar-refractivity contribution is 0.578. The summed E-state index contributed by atoms with van der Waals surface area (Å²) in [6.45, 7) is 0.367. The lowest BCUT2D eigenvalue weighted by atomic mass is 10.3. The van der Waals surface area contributed by atoms with Crippen molar-refractivity contribution in [2.75, 3.05) is 29.5 Å². The van der Waals surface area contributed by atoms with E-state index in [9.17, 15) is 12.8 Å². The number of hydrogen-bond acceptors (Lipinski definition) is 5. The molecule has 4 nitrogen and oxygen atoms in total. The van der Waals surface area contributed by atoms with Crippen molar-refractivity contribution in [2.24, 2.45) is 0 Å². The first-order chi connectivity index (χ1) is 8.99. The lowest BCUT2D eigenvalue weighted by Crippen LogP contribution is -2.33. The first-order valence-corrected chi connectivity index (χ1v) is 9.42. The Morgan fingerprint density at radius 2 is 2.21 bits per heavy atom. The van der Waals surface area contributed by atoms with Gasteiger partial charge in [0, 0.05) is 29.1 Å². The van der Waals surface area contributed by atoms with E-state index in [-0.39, 0.29) is 15.8 Å². The molecule has 0 amide bonds. The number of rotatable bonds is 4.